The molecule has 0 fully saturated rings. The summed E-state index contributed by atoms with van der Waals surface area (Å²) in [6.45, 7) is 5.43. The minimum absolute atomic E-state index is 0.191. The first-order valence-corrected chi connectivity index (χ1v) is 4.90. The number of methoxy groups -OCH3 is 1. The van der Waals surface area contributed by atoms with Gasteiger partial charge in [-0.2, -0.15) is 5.10 Å². The molecule has 0 aromatic carbocycles. The van der Waals surface area contributed by atoms with Crippen LogP contribution in [0.4, 0.5) is 5.82 Å². The van der Waals surface area contributed by atoms with Gasteiger partial charge in [0.25, 0.3) is 5.91 Å². The Labute approximate surface area is 89.2 Å². The molecular weight excluding hydrogens is 194 g/mol. The number of aromatic amines is 1. The summed E-state index contributed by atoms with van der Waals surface area (Å²) in [4.78, 5) is 11.7. The average Bonchev–Trinajstić information content (AvgIpc) is 2.65. The third kappa shape index (κ3) is 2.56. The molecule has 0 radical (unpaired) electrons. The van der Waals surface area contributed by atoms with Gasteiger partial charge in [0.2, 0.25) is 0 Å². The van der Waals surface area contributed by atoms with Gasteiger partial charge in [-0.25, -0.2) is 0 Å². The summed E-state index contributed by atoms with van der Waals surface area (Å²) in [5, 5.41) is 9.37. The summed E-state index contributed by atoms with van der Waals surface area (Å²) in [6.07, 6.45) is 2.52. The van der Waals surface area contributed by atoms with Crippen molar-refractivity contribution >= 4 is 11.7 Å². The number of carbonyl (C=O) groups is 1. The van der Waals surface area contributed by atoms with Crippen molar-refractivity contribution in [2.45, 2.75) is 32.8 Å². The molecule has 5 heteroatoms. The van der Waals surface area contributed by atoms with Gasteiger partial charge in [-0.15, -0.1) is 0 Å². The van der Waals surface area contributed by atoms with E-state index in [1.807, 2.05) is 6.92 Å². The first-order valence-electron chi connectivity index (χ1n) is 4.90. The Morgan fingerprint density at radius 1 is 1.67 bits per heavy atom. The molecule has 0 aliphatic heterocycles. The van der Waals surface area contributed by atoms with Crippen molar-refractivity contribution < 1.29 is 9.53 Å². The molecule has 1 aromatic heterocycles. The van der Waals surface area contributed by atoms with E-state index < -0.39 is 5.60 Å². The summed E-state index contributed by atoms with van der Waals surface area (Å²) < 4.78 is 5.08. The third-order valence-corrected chi connectivity index (χ3v) is 2.39. The van der Waals surface area contributed by atoms with Crippen LogP contribution in [0.1, 0.15) is 26.3 Å². The lowest BCUT2D eigenvalue weighted by Crippen LogP contribution is -2.39. The lowest BCUT2D eigenvalue weighted by Gasteiger charge is -2.21. The van der Waals surface area contributed by atoms with Gasteiger partial charge in [0, 0.05) is 12.7 Å². The van der Waals surface area contributed by atoms with E-state index in [4.69, 9.17) is 4.74 Å². The summed E-state index contributed by atoms with van der Waals surface area (Å²) in [5.41, 5.74) is 0.145. The summed E-state index contributed by atoms with van der Waals surface area (Å²) in [5.74, 6) is 0.455. The fraction of sp³-hybridized carbons (Fsp3) is 0.600. The molecule has 0 saturated carbocycles. The van der Waals surface area contributed by atoms with E-state index in [9.17, 15) is 4.79 Å². The highest BCUT2D eigenvalue weighted by Crippen LogP contribution is 2.15. The van der Waals surface area contributed by atoms with Crippen LogP contribution in [0.5, 0.6) is 0 Å². The van der Waals surface area contributed by atoms with E-state index in [1.165, 1.54) is 7.11 Å². The molecule has 0 saturated heterocycles. The second kappa shape index (κ2) is 4.44. The number of aryl methyl sites for hydroxylation is 1. The zero-order valence-electron chi connectivity index (χ0n) is 9.55. The predicted molar refractivity (Wildman–Crippen MR) is 57.7 cm³/mol. The zero-order valence-corrected chi connectivity index (χ0v) is 9.55. The number of aromatic nitrogens is 2. The first kappa shape index (κ1) is 11.7. The molecule has 2 N–H and O–H groups in total. The quantitative estimate of drug-likeness (QED) is 0.789. The van der Waals surface area contributed by atoms with Gasteiger partial charge in [0.05, 0.1) is 6.20 Å². The van der Waals surface area contributed by atoms with E-state index in [0.717, 1.165) is 12.0 Å². The molecule has 0 bridgehead atoms. The molecule has 0 aliphatic rings. The Bertz CT molecular complexity index is 344. The van der Waals surface area contributed by atoms with Gasteiger partial charge < -0.3 is 10.1 Å². The van der Waals surface area contributed by atoms with Gasteiger partial charge in [0.15, 0.2) is 0 Å². The Kier molecular flexibility index (Phi) is 3.47. The first-order chi connectivity index (χ1) is 7.01. The van der Waals surface area contributed by atoms with Crippen LogP contribution in [-0.4, -0.2) is 28.8 Å². The molecule has 1 amide bonds. The molecule has 1 heterocycles. The van der Waals surface area contributed by atoms with Crippen LogP contribution in [0.2, 0.25) is 0 Å². The van der Waals surface area contributed by atoms with Crippen molar-refractivity contribution in [3.8, 4) is 0 Å². The van der Waals surface area contributed by atoms with Crippen molar-refractivity contribution in [3.63, 3.8) is 0 Å². The monoisotopic (exact) mass is 211 g/mol. The number of nitrogens with zero attached hydrogens (tertiary/aromatic N) is 1. The van der Waals surface area contributed by atoms with Gasteiger partial charge in [0.1, 0.15) is 11.4 Å². The topological polar surface area (TPSA) is 67.0 Å². The maximum absolute atomic E-state index is 11.7. The minimum atomic E-state index is -0.837. The maximum atomic E-state index is 11.7. The van der Waals surface area contributed by atoms with Gasteiger partial charge in [-0.3, -0.25) is 9.89 Å². The highest BCUT2D eigenvalue weighted by molar-refractivity contribution is 5.96. The number of H-pyrrole nitrogens is 1. The second-order valence-electron chi connectivity index (χ2n) is 3.79. The number of hydrogen-bond donors (Lipinski definition) is 2. The standard InChI is InChI=1S/C10H17N3O2/c1-5-7-6-11-13-8(7)12-9(14)10(2,3)15-4/h6H,5H2,1-4H3,(H2,11,12,13,14). The molecule has 0 unspecified atom stereocenters. The van der Waals surface area contributed by atoms with Crippen LogP contribution in [0.25, 0.3) is 0 Å². The zero-order chi connectivity index (χ0) is 11.5. The van der Waals surface area contributed by atoms with Crippen molar-refractivity contribution in [2.24, 2.45) is 0 Å². The van der Waals surface area contributed by atoms with Crippen LogP contribution in [0.3, 0.4) is 0 Å². The number of rotatable bonds is 4. The molecule has 0 aliphatic carbocycles. The Hall–Kier alpha value is -1.36. The van der Waals surface area contributed by atoms with Crippen LogP contribution < -0.4 is 5.32 Å². The Morgan fingerprint density at radius 2 is 2.33 bits per heavy atom. The van der Waals surface area contributed by atoms with Crippen LogP contribution in [-0.2, 0) is 16.0 Å². The van der Waals surface area contributed by atoms with E-state index in [2.05, 4.69) is 15.5 Å². The number of amides is 1. The smallest absolute Gasteiger partial charge is 0.257 e. The van der Waals surface area contributed by atoms with Crippen molar-refractivity contribution in [1.29, 1.82) is 0 Å². The molecule has 0 atom stereocenters. The highest BCUT2D eigenvalue weighted by atomic mass is 16.5. The second-order valence-corrected chi connectivity index (χ2v) is 3.79. The SMILES string of the molecule is CCc1cn[nH]c1NC(=O)C(C)(C)OC. The van der Waals surface area contributed by atoms with Crippen LogP contribution in [0, 0.1) is 0 Å². The molecule has 0 spiro atoms. The normalized spacial score (nSPS) is 11.5. The minimum Gasteiger partial charge on any atom is -0.369 e. The molecule has 15 heavy (non-hydrogen) atoms. The number of nitrogens with one attached hydrogen (secondary N) is 2. The number of ether oxygens (including phenoxy) is 1. The molecular formula is C10H17N3O2. The fourth-order valence-corrected chi connectivity index (χ4v) is 1.04. The summed E-state index contributed by atoms with van der Waals surface area (Å²) in [6, 6.07) is 0. The van der Waals surface area contributed by atoms with Crippen molar-refractivity contribution in [3.05, 3.63) is 11.8 Å². The van der Waals surface area contributed by atoms with Crippen molar-refractivity contribution in [1.82, 2.24) is 10.2 Å². The van der Waals surface area contributed by atoms with E-state index in [0.29, 0.717) is 5.82 Å². The van der Waals surface area contributed by atoms with Crippen molar-refractivity contribution in [2.75, 3.05) is 12.4 Å². The van der Waals surface area contributed by atoms with E-state index in [1.54, 1.807) is 20.0 Å². The van der Waals surface area contributed by atoms with E-state index >= 15 is 0 Å². The van der Waals surface area contributed by atoms with Gasteiger partial charge >= 0.3 is 0 Å². The molecule has 5 nitrogen and oxygen atoms in total. The largest absolute Gasteiger partial charge is 0.369 e. The molecule has 84 valence electrons. The molecule has 1 rings (SSSR count). The lowest BCUT2D eigenvalue weighted by molar-refractivity contribution is -0.133. The lowest BCUT2D eigenvalue weighted by atomic mass is 10.1. The van der Waals surface area contributed by atoms with E-state index in [-0.39, 0.29) is 5.91 Å². The number of anilines is 1. The Morgan fingerprint density at radius 3 is 2.87 bits per heavy atom. The number of carbonyl (C=O) groups excluding carboxylic acids is 1. The maximum Gasteiger partial charge on any atom is 0.257 e. The molecule has 1 aromatic rings. The average molecular weight is 211 g/mol. The highest BCUT2D eigenvalue weighted by Gasteiger charge is 2.27. The summed E-state index contributed by atoms with van der Waals surface area (Å²) in [7, 11) is 1.51. The third-order valence-electron chi connectivity index (χ3n) is 2.39. The van der Waals surface area contributed by atoms with Crippen LogP contribution >= 0.6 is 0 Å². The Balaban J connectivity index is 2.74. The van der Waals surface area contributed by atoms with Gasteiger partial charge in [-0.1, -0.05) is 6.92 Å². The summed E-state index contributed by atoms with van der Waals surface area (Å²) >= 11 is 0. The predicted octanol–water partition coefficient (Wildman–Crippen LogP) is 1.34. The van der Waals surface area contributed by atoms with Crippen LogP contribution in [0.15, 0.2) is 6.20 Å². The fourth-order valence-electron chi connectivity index (χ4n) is 1.04. The van der Waals surface area contributed by atoms with Gasteiger partial charge in [-0.05, 0) is 20.3 Å². The number of hydrogen-bond acceptors (Lipinski definition) is 3.